The maximum absolute atomic E-state index is 13.8. The number of Topliss-reactive ketones (excluding diaryl/α,β-unsaturated/α-hetero) is 1. The number of rotatable bonds is 9. The average Bonchev–Trinajstić information content (AvgIpc) is 3.58. The summed E-state index contributed by atoms with van der Waals surface area (Å²) in [5.74, 6) is -3.62. The Morgan fingerprint density at radius 3 is 2.00 bits per heavy atom. The van der Waals surface area contributed by atoms with Gasteiger partial charge in [0.05, 0.1) is 29.2 Å². The molecular formula is C34H35Cl2N3O7S. The third kappa shape index (κ3) is 6.96. The summed E-state index contributed by atoms with van der Waals surface area (Å²) in [6.45, 7) is 2.26. The van der Waals surface area contributed by atoms with Crippen LogP contribution in [0.2, 0.25) is 10.0 Å². The van der Waals surface area contributed by atoms with Gasteiger partial charge in [-0.25, -0.2) is 9.59 Å². The molecule has 2 saturated carbocycles. The lowest BCUT2D eigenvalue weighted by Crippen LogP contribution is -2.52. The Balaban J connectivity index is 1.28. The second kappa shape index (κ2) is 14.0. The molecule has 3 fully saturated rings. The van der Waals surface area contributed by atoms with Crippen LogP contribution in [0, 0.1) is 11.8 Å². The minimum absolute atomic E-state index is 0.00395. The number of carboxylic acid groups (broad SMARTS) is 2. The van der Waals surface area contributed by atoms with Crippen LogP contribution >= 0.6 is 23.2 Å². The summed E-state index contributed by atoms with van der Waals surface area (Å²) < 4.78 is 13.4. The number of hydrogen-bond donors (Lipinski definition) is 3. The first-order chi connectivity index (χ1) is 22.5. The molecule has 3 unspecified atom stereocenters. The molecule has 2 aromatic carbocycles. The van der Waals surface area contributed by atoms with Crippen LogP contribution < -0.4 is 5.32 Å². The molecule has 10 nitrogen and oxygen atoms in total. The van der Waals surface area contributed by atoms with Gasteiger partial charge in [0.25, 0.3) is 0 Å². The van der Waals surface area contributed by atoms with Crippen molar-refractivity contribution in [3.63, 3.8) is 0 Å². The monoisotopic (exact) mass is 699 g/mol. The van der Waals surface area contributed by atoms with E-state index in [1.165, 1.54) is 12.1 Å². The van der Waals surface area contributed by atoms with E-state index >= 15 is 0 Å². The number of ketones is 1. The predicted molar refractivity (Wildman–Crippen MR) is 176 cm³/mol. The van der Waals surface area contributed by atoms with Crippen molar-refractivity contribution in [3.05, 3.63) is 86.7 Å². The summed E-state index contributed by atoms with van der Waals surface area (Å²) in [6, 6.07) is 13.4. The normalized spacial score (nSPS) is 25.5. The van der Waals surface area contributed by atoms with Gasteiger partial charge in [0.2, 0.25) is 5.91 Å². The molecule has 2 aliphatic heterocycles. The Morgan fingerprint density at radius 1 is 0.851 bits per heavy atom. The fraction of sp³-hybridized carbons (Fsp3) is 0.412. The van der Waals surface area contributed by atoms with Crippen LogP contribution in [0.25, 0.3) is 0 Å². The number of carboxylic acids is 2. The number of piperazine rings is 1. The Hall–Kier alpha value is -3.35. The number of fused-ring (bicyclic) bond motifs is 1. The summed E-state index contributed by atoms with van der Waals surface area (Å²) in [6.07, 6.45) is 3.01. The number of amides is 1. The molecular weight excluding hydrogens is 665 g/mol. The molecule has 0 radical (unpaired) electrons. The number of carbonyl (C=O) groups is 4. The summed E-state index contributed by atoms with van der Waals surface area (Å²) >= 11 is 11.4. The first kappa shape index (κ1) is 33.5. The van der Waals surface area contributed by atoms with Crippen molar-refractivity contribution in [2.24, 2.45) is 11.8 Å². The second-order valence-corrected chi connectivity index (χ2v) is 14.8. The molecule has 6 rings (SSSR count). The van der Waals surface area contributed by atoms with E-state index < -0.39 is 29.0 Å². The zero-order valence-electron chi connectivity index (χ0n) is 25.5. The van der Waals surface area contributed by atoms with Crippen LogP contribution in [0.5, 0.6) is 0 Å². The standard InChI is InChI=1S/C34H35Cl2N3O7S/c35-24-7-4-8-25(36)29(24)32-30(33(42)43)26(37-27(31(32)34(44)45)18-47(46)23-5-2-1-3-6-23)17-28(41)39-11-9-38(10-12-39)21-13-19-15-22(40)16-20(19)14-21/h1-8,19-21,32,37H,9-18H2,(H,42,43)(H,44,45)/t19?,20?,21?,32?,47-/m0/s1. The molecule has 4 aliphatic rings. The van der Waals surface area contributed by atoms with Crippen LogP contribution in [0.1, 0.15) is 43.6 Å². The van der Waals surface area contributed by atoms with Crippen molar-refractivity contribution in [2.75, 3.05) is 31.9 Å². The zero-order chi connectivity index (χ0) is 33.4. The maximum atomic E-state index is 13.8. The summed E-state index contributed by atoms with van der Waals surface area (Å²) in [7, 11) is 0. The van der Waals surface area contributed by atoms with Gasteiger partial charge >= 0.3 is 11.9 Å². The topological polar surface area (TPSA) is 150 Å². The molecule has 0 aromatic heterocycles. The molecule has 0 bridgehead atoms. The van der Waals surface area contributed by atoms with Gasteiger partial charge in [0, 0.05) is 66.4 Å². The summed E-state index contributed by atoms with van der Waals surface area (Å²) in [4.78, 5) is 55.9. The van der Waals surface area contributed by atoms with Crippen molar-refractivity contribution in [1.29, 1.82) is 0 Å². The summed E-state index contributed by atoms with van der Waals surface area (Å²) in [5, 5.41) is 24.0. The van der Waals surface area contributed by atoms with Crippen LogP contribution in [-0.2, 0) is 30.4 Å². The lowest BCUT2D eigenvalue weighted by molar-refractivity contribution is -0.133. The minimum Gasteiger partial charge on any atom is -0.611 e. The second-order valence-electron chi connectivity index (χ2n) is 12.6. The van der Waals surface area contributed by atoms with Crippen LogP contribution in [0.4, 0.5) is 0 Å². The average molecular weight is 701 g/mol. The maximum Gasteiger partial charge on any atom is 0.334 e. The number of carbonyl (C=O) groups excluding carboxylic acids is 2. The highest BCUT2D eigenvalue weighted by Crippen LogP contribution is 2.46. The van der Waals surface area contributed by atoms with Crippen molar-refractivity contribution in [1.82, 2.24) is 15.1 Å². The largest absolute Gasteiger partial charge is 0.611 e. The van der Waals surface area contributed by atoms with E-state index in [0.717, 1.165) is 12.8 Å². The summed E-state index contributed by atoms with van der Waals surface area (Å²) in [5.41, 5.74) is -0.607. The van der Waals surface area contributed by atoms with Gasteiger partial charge in [-0.3, -0.25) is 14.5 Å². The lowest BCUT2D eigenvalue weighted by atomic mass is 9.79. The number of benzene rings is 2. The molecule has 0 spiro atoms. The minimum atomic E-state index is -1.70. The SMILES string of the molecule is O=C1CC2CC(N3CCN(C(=O)CC4=C(C(=O)O)C(c5c(Cl)cccc5Cl)C(C(=O)O)=C(C[S@+]([O-])c5ccccc5)N4)CC3)CC2C1. The number of nitrogens with zero attached hydrogens (tertiary/aromatic N) is 2. The highest BCUT2D eigenvalue weighted by molar-refractivity contribution is 7.91. The molecule has 2 aromatic rings. The van der Waals surface area contributed by atoms with Crippen molar-refractivity contribution < 1.29 is 33.9 Å². The predicted octanol–water partition coefficient (Wildman–Crippen LogP) is 4.46. The van der Waals surface area contributed by atoms with Gasteiger partial charge in [0.1, 0.15) is 5.78 Å². The molecule has 47 heavy (non-hydrogen) atoms. The fourth-order valence-corrected chi connectivity index (χ4v) is 9.41. The number of hydrogen-bond acceptors (Lipinski definition) is 7. The Morgan fingerprint density at radius 2 is 1.43 bits per heavy atom. The van der Waals surface area contributed by atoms with Gasteiger partial charge in [-0.15, -0.1) is 0 Å². The van der Waals surface area contributed by atoms with E-state index in [1.807, 2.05) is 0 Å². The lowest BCUT2D eigenvalue weighted by Gasteiger charge is -2.39. The third-order valence-corrected chi connectivity index (χ3v) is 11.9. The van der Waals surface area contributed by atoms with E-state index in [0.29, 0.717) is 67.6 Å². The van der Waals surface area contributed by atoms with Gasteiger partial charge in [-0.2, -0.15) is 0 Å². The van der Waals surface area contributed by atoms with Crippen molar-refractivity contribution >= 4 is 58.0 Å². The Kier molecular flexibility index (Phi) is 10.0. The first-order valence-corrected chi connectivity index (χ1v) is 17.7. The van der Waals surface area contributed by atoms with Gasteiger partial charge in [0.15, 0.2) is 10.6 Å². The Bertz CT molecular complexity index is 1620. The quantitative estimate of drug-likeness (QED) is 0.323. The van der Waals surface area contributed by atoms with E-state index in [4.69, 9.17) is 23.2 Å². The highest BCUT2D eigenvalue weighted by atomic mass is 35.5. The molecule has 2 aliphatic carbocycles. The van der Waals surface area contributed by atoms with Gasteiger partial charge < -0.3 is 25.0 Å². The smallest absolute Gasteiger partial charge is 0.334 e. The molecule has 248 valence electrons. The molecule has 2 heterocycles. The van der Waals surface area contributed by atoms with Crippen molar-refractivity contribution in [3.8, 4) is 0 Å². The molecule has 3 N–H and O–H groups in total. The van der Waals surface area contributed by atoms with E-state index in [2.05, 4.69) is 10.2 Å². The van der Waals surface area contributed by atoms with E-state index in [9.17, 15) is 33.9 Å². The van der Waals surface area contributed by atoms with E-state index in [-0.39, 0.29) is 56.2 Å². The molecule has 1 amide bonds. The van der Waals surface area contributed by atoms with Crippen LogP contribution in [0.3, 0.4) is 0 Å². The zero-order valence-corrected chi connectivity index (χ0v) is 27.8. The number of aliphatic carboxylic acids is 2. The molecule has 1 saturated heterocycles. The molecule has 13 heteroatoms. The first-order valence-electron chi connectivity index (χ1n) is 15.6. The van der Waals surface area contributed by atoms with Gasteiger partial charge in [-0.05, 0) is 60.1 Å². The number of dihydropyridines is 1. The van der Waals surface area contributed by atoms with Crippen LogP contribution in [-0.4, -0.2) is 86.2 Å². The molecule has 4 atom stereocenters. The van der Waals surface area contributed by atoms with Gasteiger partial charge in [-0.1, -0.05) is 47.5 Å². The number of halogens is 2. The number of nitrogens with one attached hydrogen (secondary N) is 1. The fourth-order valence-electron chi connectivity index (χ4n) is 7.68. The Labute approximate surface area is 285 Å². The van der Waals surface area contributed by atoms with Crippen LogP contribution in [0.15, 0.2) is 76.0 Å². The third-order valence-electron chi connectivity index (χ3n) is 9.87. The van der Waals surface area contributed by atoms with E-state index in [1.54, 1.807) is 41.3 Å². The highest BCUT2D eigenvalue weighted by Gasteiger charge is 2.44. The van der Waals surface area contributed by atoms with Crippen molar-refractivity contribution in [2.45, 2.75) is 49.0 Å².